The first kappa shape index (κ1) is 28.6. The van der Waals surface area contributed by atoms with Crippen LogP contribution in [-0.2, 0) is 33.6 Å². The molecule has 40 heavy (non-hydrogen) atoms. The van der Waals surface area contributed by atoms with Gasteiger partial charge in [-0.3, -0.25) is 14.4 Å². The summed E-state index contributed by atoms with van der Waals surface area (Å²) >= 11 is 0. The number of nitrogens with one attached hydrogen (secondary N) is 2. The number of benzene rings is 4. The van der Waals surface area contributed by atoms with Crippen LogP contribution in [0.15, 0.2) is 103 Å². The zero-order valence-electron chi connectivity index (χ0n) is 22.6. The third-order valence-electron chi connectivity index (χ3n) is 7.14. The highest BCUT2D eigenvalue weighted by atomic mass is 16.4. The van der Waals surface area contributed by atoms with E-state index >= 15 is 0 Å². The molecule has 0 spiro atoms. The molecule has 0 saturated heterocycles. The van der Waals surface area contributed by atoms with Gasteiger partial charge in [-0.25, -0.2) is 0 Å². The van der Waals surface area contributed by atoms with Crippen LogP contribution in [0.5, 0.6) is 0 Å². The number of carboxylic acid groups (broad SMARTS) is 1. The molecule has 4 rings (SSSR count). The van der Waals surface area contributed by atoms with Crippen LogP contribution in [-0.4, -0.2) is 35.5 Å². The highest BCUT2D eigenvalue weighted by Crippen LogP contribution is 2.22. The molecule has 0 aliphatic rings. The Morgan fingerprint density at radius 1 is 0.700 bits per heavy atom. The van der Waals surface area contributed by atoms with Gasteiger partial charge in [0.2, 0.25) is 11.8 Å². The summed E-state index contributed by atoms with van der Waals surface area (Å²) in [6.45, 7) is 0.438. The molecule has 0 radical (unpaired) electrons. The summed E-state index contributed by atoms with van der Waals surface area (Å²) < 4.78 is 0. The summed E-state index contributed by atoms with van der Waals surface area (Å²) in [7, 11) is 0. The summed E-state index contributed by atoms with van der Waals surface area (Å²) in [5.74, 6) is -2.45. The first-order chi connectivity index (χ1) is 19.5. The van der Waals surface area contributed by atoms with Gasteiger partial charge in [-0.15, -0.1) is 0 Å². The number of aliphatic carboxylic acids is 1. The Kier molecular flexibility index (Phi) is 10.4. The Hall–Kier alpha value is -4.45. The second-order valence-corrected chi connectivity index (χ2v) is 10.1. The van der Waals surface area contributed by atoms with Crippen LogP contribution >= 0.6 is 0 Å². The molecule has 0 fully saturated rings. The average Bonchev–Trinajstić information content (AvgIpc) is 2.97. The Bertz CT molecular complexity index is 1400. The van der Waals surface area contributed by atoms with Gasteiger partial charge in [-0.2, -0.15) is 0 Å². The number of carboxylic acids is 1. The Morgan fingerprint density at radius 3 is 2.08 bits per heavy atom. The maximum absolute atomic E-state index is 13.4. The van der Waals surface area contributed by atoms with Gasteiger partial charge in [0.25, 0.3) is 0 Å². The molecule has 4 aromatic rings. The lowest BCUT2D eigenvalue weighted by Crippen LogP contribution is -2.50. The molecule has 0 aliphatic heterocycles. The molecule has 6 nitrogen and oxygen atoms in total. The Balaban J connectivity index is 1.40. The number of rotatable bonds is 14. The Morgan fingerprint density at radius 2 is 1.35 bits per heavy atom. The van der Waals surface area contributed by atoms with Gasteiger partial charge < -0.3 is 15.7 Å². The standard InChI is InChI=1S/C34H36N2O4/c37-32(38)24-29(19-10-18-28-17-9-16-27-15-7-8-20-30(27)28)33(39)36-31(23-26-13-5-2-6-14-26)34(40)35-22-21-25-11-3-1-4-12-25/h1-9,11-17,20,29,31H,10,18-19,21-24H2,(H,35,40)(H,36,39)(H,37,38). The number of fused-ring (bicyclic) bond motifs is 1. The SMILES string of the molecule is O=C(O)CC(CCCc1cccc2ccccc12)C(=O)NC(Cc1ccccc1)C(=O)NCCc1ccccc1. The third kappa shape index (κ3) is 8.53. The topological polar surface area (TPSA) is 95.5 Å². The van der Waals surface area contributed by atoms with Gasteiger partial charge in [0.1, 0.15) is 6.04 Å². The fourth-order valence-electron chi connectivity index (χ4n) is 5.03. The minimum atomic E-state index is -1.03. The third-order valence-corrected chi connectivity index (χ3v) is 7.14. The molecule has 0 heterocycles. The van der Waals surface area contributed by atoms with Gasteiger partial charge in [-0.05, 0) is 53.1 Å². The molecular weight excluding hydrogens is 500 g/mol. The molecule has 4 aromatic carbocycles. The van der Waals surface area contributed by atoms with Gasteiger partial charge in [0, 0.05) is 18.9 Å². The lowest BCUT2D eigenvalue weighted by molar-refractivity contribution is -0.141. The first-order valence-corrected chi connectivity index (χ1v) is 13.8. The molecule has 0 bridgehead atoms. The molecular formula is C34H36N2O4. The predicted octanol–water partition coefficient (Wildman–Crippen LogP) is 5.34. The van der Waals surface area contributed by atoms with Gasteiger partial charge in [0.15, 0.2) is 0 Å². The number of hydrogen-bond acceptors (Lipinski definition) is 3. The van der Waals surface area contributed by atoms with Crippen molar-refractivity contribution in [3.8, 4) is 0 Å². The molecule has 0 aromatic heterocycles. The van der Waals surface area contributed by atoms with Crippen molar-refractivity contribution in [2.75, 3.05) is 6.54 Å². The summed E-state index contributed by atoms with van der Waals surface area (Å²) in [5.41, 5.74) is 3.20. The van der Waals surface area contributed by atoms with E-state index in [1.165, 1.54) is 10.9 Å². The summed E-state index contributed by atoms with van der Waals surface area (Å²) in [5, 5.41) is 17.7. The molecule has 2 amide bonds. The number of amides is 2. The fraction of sp³-hybridized carbons (Fsp3) is 0.265. The predicted molar refractivity (Wildman–Crippen MR) is 158 cm³/mol. The zero-order valence-corrected chi connectivity index (χ0v) is 22.6. The Labute approximate surface area is 235 Å². The number of carbonyl (C=O) groups is 3. The van der Waals surface area contributed by atoms with E-state index < -0.39 is 23.8 Å². The van der Waals surface area contributed by atoms with Crippen molar-refractivity contribution >= 4 is 28.6 Å². The van der Waals surface area contributed by atoms with Crippen molar-refractivity contribution in [3.05, 3.63) is 120 Å². The highest BCUT2D eigenvalue weighted by molar-refractivity contribution is 5.90. The van der Waals surface area contributed by atoms with Crippen molar-refractivity contribution in [1.82, 2.24) is 10.6 Å². The quantitative estimate of drug-likeness (QED) is 0.203. The molecule has 0 saturated carbocycles. The smallest absolute Gasteiger partial charge is 0.304 e. The van der Waals surface area contributed by atoms with E-state index in [1.54, 1.807) is 0 Å². The fourth-order valence-corrected chi connectivity index (χ4v) is 5.03. The number of aryl methyl sites for hydroxylation is 1. The zero-order chi connectivity index (χ0) is 28.2. The van der Waals surface area contributed by atoms with E-state index in [0.717, 1.165) is 22.9 Å². The van der Waals surface area contributed by atoms with Crippen LogP contribution in [0.1, 0.15) is 36.0 Å². The molecule has 206 valence electrons. The summed E-state index contributed by atoms with van der Waals surface area (Å²) in [6, 6.07) is 32.9. The maximum atomic E-state index is 13.4. The van der Waals surface area contributed by atoms with Crippen LogP contribution in [0.2, 0.25) is 0 Å². The number of hydrogen-bond donors (Lipinski definition) is 3. The minimum Gasteiger partial charge on any atom is -0.481 e. The van der Waals surface area contributed by atoms with Crippen LogP contribution in [0.3, 0.4) is 0 Å². The van der Waals surface area contributed by atoms with Crippen LogP contribution in [0.4, 0.5) is 0 Å². The normalized spacial score (nSPS) is 12.4. The van der Waals surface area contributed by atoms with Crippen molar-refractivity contribution in [2.45, 2.75) is 44.6 Å². The second-order valence-electron chi connectivity index (χ2n) is 10.1. The number of carbonyl (C=O) groups excluding carboxylic acids is 2. The molecule has 2 atom stereocenters. The summed E-state index contributed by atoms with van der Waals surface area (Å²) in [6.07, 6.45) is 2.52. The molecule has 2 unspecified atom stereocenters. The first-order valence-electron chi connectivity index (χ1n) is 13.8. The lowest BCUT2D eigenvalue weighted by atomic mass is 9.93. The van der Waals surface area contributed by atoms with Crippen molar-refractivity contribution in [3.63, 3.8) is 0 Å². The van der Waals surface area contributed by atoms with Crippen LogP contribution in [0, 0.1) is 5.92 Å². The molecule has 0 aliphatic carbocycles. The van der Waals surface area contributed by atoms with Crippen molar-refractivity contribution < 1.29 is 19.5 Å². The van der Waals surface area contributed by atoms with Crippen molar-refractivity contribution in [2.24, 2.45) is 5.92 Å². The largest absolute Gasteiger partial charge is 0.481 e. The van der Waals surface area contributed by atoms with Crippen LogP contribution in [0.25, 0.3) is 10.8 Å². The minimum absolute atomic E-state index is 0.280. The van der Waals surface area contributed by atoms with Crippen LogP contribution < -0.4 is 10.6 Å². The maximum Gasteiger partial charge on any atom is 0.304 e. The van der Waals surface area contributed by atoms with E-state index in [4.69, 9.17) is 0 Å². The van der Waals surface area contributed by atoms with Gasteiger partial charge >= 0.3 is 5.97 Å². The average molecular weight is 537 g/mol. The van der Waals surface area contributed by atoms with Gasteiger partial charge in [0.05, 0.1) is 6.42 Å². The van der Waals surface area contributed by atoms with Gasteiger partial charge in [-0.1, -0.05) is 103 Å². The van der Waals surface area contributed by atoms with E-state index in [2.05, 4.69) is 34.9 Å². The second kappa shape index (κ2) is 14.6. The molecule has 6 heteroatoms. The van der Waals surface area contributed by atoms with E-state index in [9.17, 15) is 19.5 Å². The summed E-state index contributed by atoms with van der Waals surface area (Å²) in [4.78, 5) is 38.2. The van der Waals surface area contributed by atoms with E-state index in [-0.39, 0.29) is 12.3 Å². The van der Waals surface area contributed by atoms with Crippen molar-refractivity contribution in [1.29, 1.82) is 0 Å². The highest BCUT2D eigenvalue weighted by Gasteiger charge is 2.27. The molecule has 3 N–H and O–H groups in total. The monoisotopic (exact) mass is 536 g/mol. The lowest BCUT2D eigenvalue weighted by Gasteiger charge is -2.22. The van der Waals surface area contributed by atoms with E-state index in [0.29, 0.717) is 32.2 Å². The van der Waals surface area contributed by atoms with E-state index in [1.807, 2.05) is 78.9 Å².